The molecule has 4 rings (SSSR count). The molecule has 38 heavy (non-hydrogen) atoms. The number of ether oxygens (including phenoxy) is 1. The van der Waals surface area contributed by atoms with Gasteiger partial charge in [0.1, 0.15) is 24.0 Å². The molecule has 0 radical (unpaired) electrons. The fourth-order valence-electron chi connectivity index (χ4n) is 4.20. The fraction of sp³-hybridized carbons (Fsp3) is 0.267. The van der Waals surface area contributed by atoms with Crippen molar-refractivity contribution in [3.8, 4) is 11.5 Å². The lowest BCUT2D eigenvalue weighted by atomic mass is 10.0. The zero-order chi connectivity index (χ0) is 27.1. The fourth-order valence-corrected chi connectivity index (χ4v) is 4.20. The van der Waals surface area contributed by atoms with Crippen molar-refractivity contribution in [1.29, 1.82) is 0 Å². The molecule has 2 atom stereocenters. The van der Waals surface area contributed by atoms with Crippen molar-refractivity contribution in [3.63, 3.8) is 0 Å². The van der Waals surface area contributed by atoms with E-state index in [2.05, 4.69) is 29.4 Å². The Bertz CT molecular complexity index is 1370. The molecule has 0 aliphatic rings. The van der Waals surface area contributed by atoms with E-state index in [0.717, 1.165) is 23.7 Å². The van der Waals surface area contributed by atoms with Crippen LogP contribution in [0.1, 0.15) is 39.7 Å². The summed E-state index contributed by atoms with van der Waals surface area (Å²) >= 11 is 0. The highest BCUT2D eigenvalue weighted by Gasteiger charge is 2.24. The lowest BCUT2D eigenvalue weighted by molar-refractivity contribution is 0.0238. The minimum atomic E-state index is -0.768. The number of benzene rings is 3. The Balaban J connectivity index is 1.49. The van der Waals surface area contributed by atoms with Crippen molar-refractivity contribution < 1.29 is 22.7 Å². The van der Waals surface area contributed by atoms with E-state index in [1.807, 2.05) is 19.1 Å². The second-order valence-electron chi connectivity index (χ2n) is 9.27. The molecular formula is C30H31F2N3O3. The monoisotopic (exact) mass is 519 g/mol. The number of hydrogen-bond acceptors (Lipinski definition) is 6. The van der Waals surface area contributed by atoms with Gasteiger partial charge in [0.2, 0.25) is 5.89 Å². The Labute approximate surface area is 220 Å². The Kier molecular flexibility index (Phi) is 8.99. The molecule has 0 amide bonds. The molecule has 1 aromatic heterocycles. The van der Waals surface area contributed by atoms with E-state index in [1.54, 1.807) is 24.3 Å². The molecule has 0 bridgehead atoms. The second kappa shape index (κ2) is 12.6. The molecule has 1 heterocycles. The molecular weight excluding hydrogens is 488 g/mol. The van der Waals surface area contributed by atoms with Crippen molar-refractivity contribution in [2.24, 2.45) is 5.73 Å². The van der Waals surface area contributed by atoms with Gasteiger partial charge in [0.15, 0.2) is 0 Å². The number of oxazole rings is 1. The highest BCUT2D eigenvalue weighted by atomic mass is 19.1. The smallest absolute Gasteiger partial charge is 0.338 e. The quantitative estimate of drug-likeness (QED) is 0.259. The topological polar surface area (TPSA) is 90.4 Å². The predicted molar refractivity (Wildman–Crippen MR) is 141 cm³/mol. The number of rotatable bonds is 11. The lowest BCUT2D eigenvalue weighted by Gasteiger charge is -2.25. The van der Waals surface area contributed by atoms with Gasteiger partial charge in [-0.2, -0.15) is 0 Å². The molecule has 4 aromatic rings. The molecule has 0 unspecified atom stereocenters. The van der Waals surface area contributed by atoms with Crippen molar-refractivity contribution in [3.05, 3.63) is 113 Å². The molecule has 0 saturated carbocycles. The minimum absolute atomic E-state index is 0.120. The normalized spacial score (nSPS) is 12.8. The number of nitrogens with one attached hydrogen (secondary N) is 1. The Hall–Kier alpha value is -3.88. The zero-order valence-corrected chi connectivity index (χ0v) is 21.4. The number of aryl methyl sites for hydroxylation is 2. The van der Waals surface area contributed by atoms with Crippen molar-refractivity contribution >= 4 is 5.97 Å². The van der Waals surface area contributed by atoms with Gasteiger partial charge in [-0.15, -0.1) is 0 Å². The summed E-state index contributed by atoms with van der Waals surface area (Å²) in [5.41, 5.74) is 10.8. The van der Waals surface area contributed by atoms with Crippen LogP contribution >= 0.6 is 0 Å². The van der Waals surface area contributed by atoms with Crippen LogP contribution in [0, 0.1) is 18.6 Å². The zero-order valence-electron chi connectivity index (χ0n) is 21.4. The van der Waals surface area contributed by atoms with Crippen LogP contribution in [0.15, 0.2) is 77.4 Å². The van der Waals surface area contributed by atoms with Gasteiger partial charge in [-0.05, 0) is 66.8 Å². The van der Waals surface area contributed by atoms with Gasteiger partial charge in [0.05, 0.1) is 11.3 Å². The average molecular weight is 520 g/mol. The van der Waals surface area contributed by atoms with Gasteiger partial charge in [-0.1, -0.05) is 37.3 Å². The maximum atomic E-state index is 13.8. The second-order valence-corrected chi connectivity index (χ2v) is 9.27. The number of carbonyl (C=O) groups excluding carboxylic acids is 1. The van der Waals surface area contributed by atoms with Gasteiger partial charge >= 0.3 is 5.97 Å². The summed E-state index contributed by atoms with van der Waals surface area (Å²) in [6, 6.07) is 17.5. The molecule has 0 saturated heterocycles. The van der Waals surface area contributed by atoms with Crippen LogP contribution < -0.4 is 11.1 Å². The SMILES string of the molecule is CCc1cccc(CNC[C@@H](OC(=O)c2cccc(-c3nc(C)co3)c2)[C@@H](N)Cc2cc(F)cc(F)c2)c1. The summed E-state index contributed by atoms with van der Waals surface area (Å²) < 4.78 is 38.8. The standard InChI is InChI=1S/C30H31F2N3O3/c1-3-20-6-4-7-21(10-20)16-34-17-28(27(33)13-22-11-25(31)15-26(32)12-22)38-30(36)24-9-5-8-23(14-24)29-35-19(2)18-37-29/h4-12,14-15,18,27-28,34H,3,13,16-17,33H2,1-2H3/t27-,28+/m0/s1. The van der Waals surface area contributed by atoms with E-state index in [0.29, 0.717) is 29.1 Å². The van der Waals surface area contributed by atoms with Crippen molar-refractivity contribution in [2.75, 3.05) is 6.54 Å². The van der Waals surface area contributed by atoms with Crippen LogP contribution in [0.3, 0.4) is 0 Å². The summed E-state index contributed by atoms with van der Waals surface area (Å²) in [6.45, 7) is 4.70. The van der Waals surface area contributed by atoms with E-state index in [1.165, 1.54) is 24.0 Å². The third kappa shape index (κ3) is 7.34. The van der Waals surface area contributed by atoms with Crippen LogP contribution in [0.4, 0.5) is 8.78 Å². The van der Waals surface area contributed by atoms with E-state index >= 15 is 0 Å². The summed E-state index contributed by atoms with van der Waals surface area (Å²) in [7, 11) is 0. The minimum Gasteiger partial charge on any atom is -0.456 e. The molecule has 0 fully saturated rings. The molecule has 8 heteroatoms. The first-order valence-corrected chi connectivity index (χ1v) is 12.5. The summed E-state index contributed by atoms with van der Waals surface area (Å²) in [5, 5.41) is 3.31. The number of halogens is 2. The molecule has 0 aliphatic heterocycles. The lowest BCUT2D eigenvalue weighted by Crippen LogP contribution is -2.46. The number of aromatic nitrogens is 1. The number of nitrogens with two attached hydrogens (primary N) is 1. The Morgan fingerprint density at radius 1 is 1.03 bits per heavy atom. The van der Waals surface area contributed by atoms with Gasteiger partial charge in [-0.3, -0.25) is 0 Å². The third-order valence-corrected chi connectivity index (χ3v) is 6.17. The average Bonchev–Trinajstić information content (AvgIpc) is 3.34. The van der Waals surface area contributed by atoms with Crippen LogP contribution in [0.25, 0.3) is 11.5 Å². The van der Waals surface area contributed by atoms with Gasteiger partial charge < -0.3 is 20.2 Å². The van der Waals surface area contributed by atoms with Crippen molar-refractivity contribution in [2.45, 2.75) is 45.4 Å². The number of esters is 1. The first-order chi connectivity index (χ1) is 18.3. The van der Waals surface area contributed by atoms with Crippen molar-refractivity contribution in [1.82, 2.24) is 10.3 Å². The third-order valence-electron chi connectivity index (χ3n) is 6.17. The predicted octanol–water partition coefficient (Wildman–Crippen LogP) is 5.38. The van der Waals surface area contributed by atoms with Crippen LogP contribution in [-0.4, -0.2) is 29.6 Å². The first-order valence-electron chi connectivity index (χ1n) is 12.5. The number of hydrogen-bond donors (Lipinski definition) is 2. The van der Waals surface area contributed by atoms with Crippen LogP contribution in [0.2, 0.25) is 0 Å². The van der Waals surface area contributed by atoms with Gasteiger partial charge in [0, 0.05) is 30.8 Å². The largest absolute Gasteiger partial charge is 0.456 e. The molecule has 3 aromatic carbocycles. The van der Waals surface area contributed by atoms with Gasteiger partial charge in [-0.25, -0.2) is 18.6 Å². The van der Waals surface area contributed by atoms with E-state index < -0.39 is 29.7 Å². The first kappa shape index (κ1) is 27.2. The molecule has 6 nitrogen and oxygen atoms in total. The highest BCUT2D eigenvalue weighted by Crippen LogP contribution is 2.21. The van der Waals surface area contributed by atoms with Crippen LogP contribution in [0.5, 0.6) is 0 Å². The van der Waals surface area contributed by atoms with E-state index in [-0.39, 0.29) is 13.0 Å². The highest BCUT2D eigenvalue weighted by molar-refractivity contribution is 5.90. The Morgan fingerprint density at radius 3 is 2.47 bits per heavy atom. The van der Waals surface area contributed by atoms with Gasteiger partial charge in [0.25, 0.3) is 0 Å². The number of nitrogens with zero attached hydrogens (tertiary/aromatic N) is 1. The summed E-state index contributed by atoms with van der Waals surface area (Å²) in [4.78, 5) is 17.5. The molecule has 0 aliphatic carbocycles. The number of carbonyl (C=O) groups is 1. The Morgan fingerprint density at radius 2 is 1.76 bits per heavy atom. The maximum absolute atomic E-state index is 13.8. The molecule has 3 N–H and O–H groups in total. The van der Waals surface area contributed by atoms with E-state index in [4.69, 9.17) is 14.9 Å². The summed E-state index contributed by atoms with van der Waals surface area (Å²) in [6.07, 6.45) is 1.81. The summed E-state index contributed by atoms with van der Waals surface area (Å²) in [5.74, 6) is -1.55. The van der Waals surface area contributed by atoms with Crippen LogP contribution in [-0.2, 0) is 24.1 Å². The van der Waals surface area contributed by atoms with E-state index in [9.17, 15) is 13.6 Å². The molecule has 0 spiro atoms. The maximum Gasteiger partial charge on any atom is 0.338 e. The molecule has 198 valence electrons.